The van der Waals surface area contributed by atoms with Crippen LogP contribution in [0.15, 0.2) is 24.3 Å². The van der Waals surface area contributed by atoms with Gasteiger partial charge >= 0.3 is 0 Å². The maximum Gasteiger partial charge on any atom is 0.197 e. The third kappa shape index (κ3) is 1.89. The number of piperidine rings is 1. The van der Waals surface area contributed by atoms with Crippen molar-refractivity contribution in [3.05, 3.63) is 35.4 Å². The number of rotatable bonds is 2. The van der Waals surface area contributed by atoms with Gasteiger partial charge in [0.15, 0.2) is 23.4 Å². The standard InChI is InChI=1S/C21H23NO4.BrH/c1-22(11-12-2-3-12)9-8-20-17-13-4-5-14(23)18(17)26-19(20)15(24)6-7-21(20,25)16(22)10-13;/h4-7,12,16,19,25H,2-3,8-11H2,1H3;1H/t16-,19-,20+,21-,22?;/m1./s1. The van der Waals surface area contributed by atoms with Gasteiger partial charge in [0.1, 0.15) is 11.6 Å². The largest absolute Gasteiger partial charge is 1.00 e. The van der Waals surface area contributed by atoms with E-state index in [1.165, 1.54) is 18.9 Å². The summed E-state index contributed by atoms with van der Waals surface area (Å²) in [4.78, 5) is 12.7. The first-order chi connectivity index (χ1) is 12.4. The van der Waals surface area contributed by atoms with Crippen molar-refractivity contribution in [2.75, 3.05) is 20.1 Å². The van der Waals surface area contributed by atoms with Crippen molar-refractivity contribution in [3.63, 3.8) is 0 Å². The third-order valence-electron chi connectivity index (χ3n) is 7.89. The molecule has 1 saturated carbocycles. The molecule has 1 spiro atoms. The lowest BCUT2D eigenvalue weighted by molar-refractivity contribution is -0.949. The van der Waals surface area contributed by atoms with E-state index >= 15 is 0 Å². The Balaban J connectivity index is 0.00000160. The minimum absolute atomic E-state index is 0. The first-order valence-electron chi connectivity index (χ1n) is 9.71. The molecule has 6 heteroatoms. The zero-order chi connectivity index (χ0) is 17.9. The molecule has 6 rings (SSSR count). The molecule has 1 aromatic rings. The smallest absolute Gasteiger partial charge is 0.197 e. The van der Waals surface area contributed by atoms with E-state index in [0.29, 0.717) is 12.2 Å². The molecule has 2 heterocycles. The summed E-state index contributed by atoms with van der Waals surface area (Å²) in [5, 5.41) is 22.4. The maximum absolute atomic E-state index is 12.7. The highest BCUT2D eigenvalue weighted by Gasteiger charge is 2.75. The van der Waals surface area contributed by atoms with Gasteiger partial charge in [0.25, 0.3) is 0 Å². The van der Waals surface area contributed by atoms with E-state index in [-0.39, 0.29) is 34.6 Å². The second kappa shape index (κ2) is 5.16. The quantitative estimate of drug-likeness (QED) is 0.554. The summed E-state index contributed by atoms with van der Waals surface area (Å²) in [5.41, 5.74) is 0.140. The minimum atomic E-state index is -1.11. The van der Waals surface area contributed by atoms with E-state index in [4.69, 9.17) is 4.74 Å². The Hall–Kier alpha value is -1.37. The van der Waals surface area contributed by atoms with Gasteiger partial charge in [-0.3, -0.25) is 4.79 Å². The Bertz CT molecular complexity index is 896. The Kier molecular flexibility index (Phi) is 3.38. The molecule has 27 heavy (non-hydrogen) atoms. The lowest BCUT2D eigenvalue weighted by Gasteiger charge is -2.62. The van der Waals surface area contributed by atoms with Crippen molar-refractivity contribution in [2.45, 2.75) is 48.8 Å². The van der Waals surface area contributed by atoms with Crippen LogP contribution in [-0.4, -0.2) is 58.4 Å². The number of quaternary nitrogens is 1. The number of ether oxygens (including phenoxy) is 1. The molecule has 2 bridgehead atoms. The number of halogens is 1. The summed E-state index contributed by atoms with van der Waals surface area (Å²) in [6, 6.07) is 3.64. The SMILES string of the molecule is C[N+]1(CC2CC2)CC[C@]23c4c5ccc(O)c4O[C@@H]2C(=O)C=C[C@@]3(O)[C@H]1C5.[Br-]. The maximum atomic E-state index is 12.7. The summed E-state index contributed by atoms with van der Waals surface area (Å²) in [7, 11) is 2.27. The minimum Gasteiger partial charge on any atom is -1.00 e. The van der Waals surface area contributed by atoms with E-state index in [2.05, 4.69) is 7.05 Å². The van der Waals surface area contributed by atoms with Crippen molar-refractivity contribution in [1.82, 2.24) is 0 Å². The molecule has 1 unspecified atom stereocenters. The molecule has 144 valence electrons. The molecule has 5 aliphatic rings. The summed E-state index contributed by atoms with van der Waals surface area (Å²) < 4.78 is 6.88. The van der Waals surface area contributed by atoms with Gasteiger partial charge in [-0.05, 0) is 36.6 Å². The van der Waals surface area contributed by atoms with Crippen molar-refractivity contribution < 1.29 is 41.2 Å². The van der Waals surface area contributed by atoms with Crippen LogP contribution in [0.25, 0.3) is 0 Å². The van der Waals surface area contributed by atoms with Gasteiger partial charge in [-0.2, -0.15) is 0 Å². The zero-order valence-corrected chi connectivity index (χ0v) is 16.9. The van der Waals surface area contributed by atoms with Crippen LogP contribution in [-0.2, 0) is 16.6 Å². The molecule has 0 aromatic heterocycles. The topological polar surface area (TPSA) is 66.8 Å². The third-order valence-corrected chi connectivity index (χ3v) is 7.89. The van der Waals surface area contributed by atoms with Crippen LogP contribution in [0.3, 0.4) is 0 Å². The first-order valence-corrected chi connectivity index (χ1v) is 9.71. The lowest BCUT2D eigenvalue weighted by atomic mass is 9.50. The Morgan fingerprint density at radius 1 is 1.33 bits per heavy atom. The summed E-state index contributed by atoms with van der Waals surface area (Å²) in [5.74, 6) is 1.15. The van der Waals surface area contributed by atoms with Crippen molar-refractivity contribution in [1.29, 1.82) is 0 Å². The normalized spacial score (nSPS) is 43.0. The number of nitrogens with zero attached hydrogens (tertiary/aromatic N) is 1. The van der Waals surface area contributed by atoms with Crippen LogP contribution >= 0.6 is 0 Å². The number of aliphatic hydroxyl groups is 1. The van der Waals surface area contributed by atoms with Crippen LogP contribution in [0.5, 0.6) is 11.5 Å². The van der Waals surface area contributed by atoms with E-state index in [9.17, 15) is 15.0 Å². The van der Waals surface area contributed by atoms with Crippen molar-refractivity contribution in [2.24, 2.45) is 5.92 Å². The highest BCUT2D eigenvalue weighted by molar-refractivity contribution is 5.98. The van der Waals surface area contributed by atoms with Gasteiger partial charge in [0.2, 0.25) is 0 Å². The number of likely N-dealkylation sites (N-methyl/N-ethyl adjacent to an activating group) is 1. The van der Waals surface area contributed by atoms with E-state index < -0.39 is 17.1 Å². The number of hydrogen-bond acceptors (Lipinski definition) is 4. The number of phenolic OH excluding ortho intramolecular Hbond substituents is 1. The summed E-state index contributed by atoms with van der Waals surface area (Å²) in [6.45, 7) is 2.02. The summed E-state index contributed by atoms with van der Waals surface area (Å²) in [6.07, 6.45) is 6.57. The van der Waals surface area contributed by atoms with Crippen molar-refractivity contribution >= 4 is 5.78 Å². The van der Waals surface area contributed by atoms with E-state index in [1.807, 2.05) is 6.07 Å². The number of carbonyl (C=O) groups is 1. The first kappa shape index (κ1) is 17.7. The molecule has 0 amide bonds. The van der Waals surface area contributed by atoms with E-state index in [1.54, 1.807) is 12.1 Å². The predicted molar refractivity (Wildman–Crippen MR) is 94.0 cm³/mol. The highest BCUT2D eigenvalue weighted by Crippen LogP contribution is 2.64. The Labute approximate surface area is 169 Å². The average Bonchev–Trinajstić information content (AvgIpc) is 3.32. The number of benzene rings is 1. The van der Waals surface area contributed by atoms with Gasteiger partial charge < -0.3 is 36.4 Å². The molecule has 5 atom stereocenters. The van der Waals surface area contributed by atoms with E-state index in [0.717, 1.165) is 41.0 Å². The number of ketones is 1. The molecule has 2 fully saturated rings. The number of phenols is 1. The molecule has 2 N–H and O–H groups in total. The molecular formula is C21H24BrNO4. The van der Waals surface area contributed by atoms with Gasteiger partial charge in [0.05, 0.1) is 25.6 Å². The van der Waals surface area contributed by atoms with Crippen LogP contribution in [0.2, 0.25) is 0 Å². The van der Waals surface area contributed by atoms with Crippen LogP contribution in [0.1, 0.15) is 30.4 Å². The monoisotopic (exact) mass is 433 g/mol. The molecule has 1 saturated heterocycles. The summed E-state index contributed by atoms with van der Waals surface area (Å²) >= 11 is 0. The van der Waals surface area contributed by atoms with Crippen LogP contribution in [0.4, 0.5) is 0 Å². The van der Waals surface area contributed by atoms with Gasteiger partial charge in [0, 0.05) is 24.3 Å². The molecule has 5 nitrogen and oxygen atoms in total. The van der Waals surface area contributed by atoms with Gasteiger partial charge in [-0.1, -0.05) is 6.07 Å². The predicted octanol–water partition coefficient (Wildman–Crippen LogP) is -1.55. The molecular weight excluding hydrogens is 410 g/mol. The second-order valence-electron chi connectivity index (χ2n) is 9.28. The average molecular weight is 434 g/mol. The molecule has 3 aliphatic carbocycles. The molecule has 1 aromatic carbocycles. The lowest BCUT2D eigenvalue weighted by Crippen LogP contribution is -3.00. The highest BCUT2D eigenvalue weighted by atomic mass is 79.9. The fourth-order valence-electron chi connectivity index (χ4n) is 6.52. The number of hydrogen-bond donors (Lipinski definition) is 2. The van der Waals surface area contributed by atoms with Crippen LogP contribution in [0, 0.1) is 5.92 Å². The Morgan fingerprint density at radius 3 is 2.85 bits per heavy atom. The number of carbonyl (C=O) groups excluding carboxylic acids is 1. The fourth-order valence-corrected chi connectivity index (χ4v) is 6.52. The van der Waals surface area contributed by atoms with Gasteiger partial charge in [-0.15, -0.1) is 0 Å². The number of likely N-dealkylation sites (tertiary alicyclic amines) is 1. The fraction of sp³-hybridized carbons (Fsp3) is 0.571. The molecule has 2 aliphatic heterocycles. The number of aromatic hydroxyl groups is 1. The van der Waals surface area contributed by atoms with Crippen LogP contribution < -0.4 is 21.7 Å². The second-order valence-corrected chi connectivity index (χ2v) is 9.28. The molecule has 0 radical (unpaired) electrons. The zero-order valence-electron chi connectivity index (χ0n) is 15.3. The Morgan fingerprint density at radius 2 is 2.11 bits per heavy atom. The van der Waals surface area contributed by atoms with Gasteiger partial charge in [-0.25, -0.2) is 0 Å². The van der Waals surface area contributed by atoms with Crippen molar-refractivity contribution in [3.8, 4) is 11.5 Å².